The molecule has 0 aromatic carbocycles. The number of rotatable bonds is 4. The minimum absolute atomic E-state index is 0.0546. The van der Waals surface area contributed by atoms with E-state index >= 15 is 0 Å². The molecule has 1 aliphatic carbocycles. The molecule has 2 aromatic heterocycles. The lowest BCUT2D eigenvalue weighted by molar-refractivity contribution is -0.120. The van der Waals surface area contributed by atoms with E-state index in [9.17, 15) is 4.79 Å². The number of nitrogens with one attached hydrogen (secondary N) is 2. The van der Waals surface area contributed by atoms with Crippen LogP contribution in [0.3, 0.4) is 0 Å². The summed E-state index contributed by atoms with van der Waals surface area (Å²) in [6, 6.07) is 2.15. The van der Waals surface area contributed by atoms with Crippen molar-refractivity contribution < 1.29 is 4.79 Å². The minimum Gasteiger partial charge on any atom is -0.352 e. The largest absolute Gasteiger partial charge is 0.352 e. The number of imidazole rings is 1. The zero-order chi connectivity index (χ0) is 13.4. The second-order valence-electron chi connectivity index (χ2n) is 4.61. The van der Waals surface area contributed by atoms with E-state index in [0.29, 0.717) is 21.9 Å². The molecule has 2 heterocycles. The number of hydrogen-bond acceptors (Lipinski definition) is 4. The fourth-order valence-electron chi connectivity index (χ4n) is 1.68. The molecule has 100 valence electrons. The van der Waals surface area contributed by atoms with Crippen LogP contribution in [0.25, 0.3) is 11.2 Å². The number of fused-ring (bicyclic) bond motifs is 1. The van der Waals surface area contributed by atoms with Crippen molar-refractivity contribution in [1.29, 1.82) is 0 Å². The Hall–Kier alpha value is -1.27. The maximum atomic E-state index is 11.9. The molecule has 0 bridgehead atoms. The van der Waals surface area contributed by atoms with Crippen molar-refractivity contribution in [3.05, 3.63) is 17.3 Å². The summed E-state index contributed by atoms with van der Waals surface area (Å²) in [6.45, 7) is 1.87. The number of aromatic nitrogens is 3. The van der Waals surface area contributed by atoms with Gasteiger partial charge in [-0.3, -0.25) is 4.79 Å². The van der Waals surface area contributed by atoms with Crippen LogP contribution >= 0.6 is 23.4 Å². The van der Waals surface area contributed by atoms with Crippen molar-refractivity contribution in [2.24, 2.45) is 0 Å². The van der Waals surface area contributed by atoms with Crippen LogP contribution in [0.1, 0.15) is 19.8 Å². The summed E-state index contributed by atoms with van der Waals surface area (Å²) in [5.41, 5.74) is 1.39. The smallest absolute Gasteiger partial charge is 0.233 e. The first-order valence-electron chi connectivity index (χ1n) is 6.10. The average Bonchev–Trinajstić information content (AvgIpc) is 3.08. The summed E-state index contributed by atoms with van der Waals surface area (Å²) in [5, 5.41) is 4.04. The van der Waals surface area contributed by atoms with Gasteiger partial charge in [-0.25, -0.2) is 9.97 Å². The van der Waals surface area contributed by atoms with E-state index in [2.05, 4.69) is 20.3 Å². The van der Waals surface area contributed by atoms with Gasteiger partial charge in [-0.15, -0.1) is 0 Å². The number of nitrogens with zero attached hydrogens (tertiary/aromatic N) is 2. The maximum absolute atomic E-state index is 11.9. The number of thioether (sulfide) groups is 1. The molecule has 0 spiro atoms. The first kappa shape index (κ1) is 12.7. The molecule has 3 rings (SSSR count). The van der Waals surface area contributed by atoms with Gasteiger partial charge >= 0.3 is 0 Å². The maximum Gasteiger partial charge on any atom is 0.233 e. The van der Waals surface area contributed by atoms with Crippen LogP contribution in [0.5, 0.6) is 0 Å². The van der Waals surface area contributed by atoms with Crippen LogP contribution in [0, 0.1) is 0 Å². The molecule has 5 nitrogen and oxygen atoms in total. The van der Waals surface area contributed by atoms with Gasteiger partial charge in [-0.2, -0.15) is 0 Å². The molecule has 2 N–H and O–H groups in total. The lowest BCUT2D eigenvalue weighted by Crippen LogP contribution is -2.32. The second kappa shape index (κ2) is 5.02. The summed E-state index contributed by atoms with van der Waals surface area (Å²) in [7, 11) is 0. The predicted octanol–water partition coefficient (Wildman–Crippen LogP) is 2.37. The van der Waals surface area contributed by atoms with E-state index in [-0.39, 0.29) is 11.2 Å². The Labute approximate surface area is 119 Å². The molecule has 1 aliphatic rings. The van der Waals surface area contributed by atoms with Gasteiger partial charge in [0.25, 0.3) is 0 Å². The third kappa shape index (κ3) is 3.01. The Bertz CT molecular complexity index is 625. The summed E-state index contributed by atoms with van der Waals surface area (Å²) in [4.78, 5) is 23.4. The molecule has 1 amide bonds. The average molecular weight is 297 g/mol. The van der Waals surface area contributed by atoms with Gasteiger partial charge in [0.05, 0.1) is 15.8 Å². The molecule has 0 unspecified atom stereocenters. The molecule has 1 atom stereocenters. The van der Waals surface area contributed by atoms with Gasteiger partial charge in [0.2, 0.25) is 5.91 Å². The van der Waals surface area contributed by atoms with Gasteiger partial charge in [0.1, 0.15) is 0 Å². The number of hydrogen-bond donors (Lipinski definition) is 2. The molecular formula is C12H13ClN4OS. The highest BCUT2D eigenvalue weighted by molar-refractivity contribution is 8.00. The van der Waals surface area contributed by atoms with Gasteiger partial charge in [-0.05, 0) is 25.8 Å². The predicted molar refractivity (Wildman–Crippen MR) is 75.4 cm³/mol. The molecule has 19 heavy (non-hydrogen) atoms. The lowest BCUT2D eigenvalue weighted by Gasteiger charge is -2.09. The van der Waals surface area contributed by atoms with E-state index < -0.39 is 0 Å². The zero-order valence-electron chi connectivity index (χ0n) is 10.3. The van der Waals surface area contributed by atoms with E-state index in [1.165, 1.54) is 11.8 Å². The van der Waals surface area contributed by atoms with Crippen molar-refractivity contribution in [2.75, 3.05) is 0 Å². The van der Waals surface area contributed by atoms with Crippen LogP contribution < -0.4 is 5.32 Å². The second-order valence-corrected chi connectivity index (χ2v) is 6.38. The van der Waals surface area contributed by atoms with Gasteiger partial charge in [0, 0.05) is 12.2 Å². The minimum atomic E-state index is -0.184. The first-order valence-corrected chi connectivity index (χ1v) is 7.36. The van der Waals surface area contributed by atoms with Crippen molar-refractivity contribution in [1.82, 2.24) is 20.3 Å². The number of halogens is 1. The number of pyridine rings is 1. The van der Waals surface area contributed by atoms with Crippen LogP contribution in [0.15, 0.2) is 17.4 Å². The summed E-state index contributed by atoms with van der Waals surface area (Å²) >= 11 is 7.26. The van der Waals surface area contributed by atoms with E-state index in [1.807, 2.05) is 6.92 Å². The van der Waals surface area contributed by atoms with E-state index in [1.54, 1.807) is 12.3 Å². The third-order valence-electron chi connectivity index (χ3n) is 2.86. The molecular weight excluding hydrogens is 284 g/mol. The van der Waals surface area contributed by atoms with Gasteiger partial charge in [0.15, 0.2) is 10.8 Å². The highest BCUT2D eigenvalue weighted by Crippen LogP contribution is 2.25. The number of H-pyrrole nitrogens is 1. The first-order chi connectivity index (χ1) is 9.11. The standard InChI is InChI=1S/C12H13ClN4OS/c1-6(11(18)15-8-2-3-8)19-12-16-9-4-7(13)5-14-10(9)17-12/h4-6,8H,2-3H2,1H3,(H,15,18)(H,14,16,17)/t6-/m0/s1. The number of carbonyl (C=O) groups is 1. The zero-order valence-corrected chi connectivity index (χ0v) is 11.9. The van der Waals surface area contributed by atoms with Gasteiger partial charge in [-0.1, -0.05) is 23.4 Å². The molecule has 1 saturated carbocycles. The fourth-order valence-corrected chi connectivity index (χ4v) is 2.65. The van der Waals surface area contributed by atoms with E-state index in [0.717, 1.165) is 18.4 Å². The van der Waals surface area contributed by atoms with Crippen molar-refractivity contribution in [2.45, 2.75) is 36.2 Å². The Balaban J connectivity index is 1.71. The van der Waals surface area contributed by atoms with Crippen molar-refractivity contribution in [3.8, 4) is 0 Å². The number of amides is 1. The number of carbonyl (C=O) groups excluding carboxylic acids is 1. The highest BCUT2D eigenvalue weighted by atomic mass is 35.5. The van der Waals surface area contributed by atoms with Gasteiger partial charge < -0.3 is 10.3 Å². The Morgan fingerprint density at radius 3 is 3.16 bits per heavy atom. The monoisotopic (exact) mass is 296 g/mol. The molecule has 0 saturated heterocycles. The van der Waals surface area contributed by atoms with Crippen LogP contribution in [-0.4, -0.2) is 32.2 Å². The molecule has 0 aliphatic heterocycles. The quantitative estimate of drug-likeness (QED) is 0.850. The molecule has 7 heteroatoms. The topological polar surface area (TPSA) is 70.7 Å². The van der Waals surface area contributed by atoms with Crippen molar-refractivity contribution >= 4 is 40.4 Å². The van der Waals surface area contributed by atoms with E-state index in [4.69, 9.17) is 11.6 Å². The highest BCUT2D eigenvalue weighted by Gasteiger charge is 2.26. The summed E-state index contributed by atoms with van der Waals surface area (Å²) in [6.07, 6.45) is 3.74. The number of aromatic amines is 1. The molecule has 1 fully saturated rings. The summed E-state index contributed by atoms with van der Waals surface area (Å²) in [5.74, 6) is 0.0546. The Morgan fingerprint density at radius 2 is 2.42 bits per heavy atom. The molecule has 2 aromatic rings. The Kier molecular flexibility index (Phi) is 3.36. The summed E-state index contributed by atoms with van der Waals surface area (Å²) < 4.78 is 0. The normalized spacial score (nSPS) is 16.5. The SMILES string of the molecule is C[C@H](Sc1nc2ncc(Cl)cc2[nH]1)C(=O)NC1CC1. The Morgan fingerprint density at radius 1 is 1.63 bits per heavy atom. The van der Waals surface area contributed by atoms with Crippen LogP contribution in [0.4, 0.5) is 0 Å². The third-order valence-corrected chi connectivity index (χ3v) is 4.05. The van der Waals surface area contributed by atoms with Crippen LogP contribution in [-0.2, 0) is 4.79 Å². The molecule has 0 radical (unpaired) electrons. The van der Waals surface area contributed by atoms with Crippen LogP contribution in [0.2, 0.25) is 5.02 Å². The fraction of sp³-hybridized carbons (Fsp3) is 0.417. The lowest BCUT2D eigenvalue weighted by atomic mass is 10.4. The van der Waals surface area contributed by atoms with Crippen molar-refractivity contribution in [3.63, 3.8) is 0 Å².